The van der Waals surface area contributed by atoms with Crippen molar-refractivity contribution in [1.29, 1.82) is 0 Å². The van der Waals surface area contributed by atoms with Crippen molar-refractivity contribution in [3.05, 3.63) is 121 Å². The number of hydrogen-bond acceptors (Lipinski definition) is 1. The molecule has 1 saturated heterocycles. The van der Waals surface area contributed by atoms with Crippen LogP contribution >= 0.6 is 0 Å². The van der Waals surface area contributed by atoms with Crippen LogP contribution in [0.3, 0.4) is 0 Å². The molecule has 1 nitrogen and oxygen atoms in total. The van der Waals surface area contributed by atoms with Crippen molar-refractivity contribution < 1.29 is 4.43 Å². The van der Waals surface area contributed by atoms with Crippen LogP contribution in [0.15, 0.2) is 121 Å². The van der Waals surface area contributed by atoms with E-state index < -0.39 is 24.0 Å². The minimum Gasteiger partial charge on any atom is -0.427 e. The maximum atomic E-state index is 6.53. The topological polar surface area (TPSA) is 9.23 Å². The van der Waals surface area contributed by atoms with Gasteiger partial charge in [0.25, 0.3) is 0 Å². The third kappa shape index (κ3) is 2.99. The van der Waals surface area contributed by atoms with Gasteiger partial charge in [-0.15, -0.1) is 0 Å². The lowest BCUT2D eigenvalue weighted by atomic mass is 10.4. The van der Waals surface area contributed by atoms with Gasteiger partial charge >= 0.3 is 0 Å². The van der Waals surface area contributed by atoms with Gasteiger partial charge in [0.2, 0.25) is 0 Å². The normalized spacial score (nSPS) is 18.1. The molecule has 0 radical (unpaired) electrons. The van der Waals surface area contributed by atoms with Gasteiger partial charge in [-0.25, -0.2) is 0 Å². The Labute approximate surface area is 182 Å². The van der Waals surface area contributed by atoms with Crippen molar-refractivity contribution >= 4 is 44.7 Å². The molecule has 1 heterocycles. The summed E-state index contributed by atoms with van der Waals surface area (Å²) in [6.07, 6.45) is 0. The summed E-state index contributed by atoms with van der Waals surface area (Å²) in [6.45, 7) is 0.899. The largest absolute Gasteiger partial charge is 0.427 e. The van der Waals surface area contributed by atoms with Crippen LogP contribution in [0.5, 0.6) is 0 Å². The molecule has 0 N–H and O–H groups in total. The molecule has 0 bridgehead atoms. The number of rotatable bonds is 4. The summed E-state index contributed by atoms with van der Waals surface area (Å²) in [5.74, 6) is 0. The van der Waals surface area contributed by atoms with Gasteiger partial charge in [-0.05, 0) is 6.04 Å². The molecule has 0 aromatic heterocycles. The molecular weight excluding hydrogens is 413 g/mol. The van der Waals surface area contributed by atoms with E-state index >= 15 is 0 Å². The lowest BCUT2D eigenvalue weighted by molar-refractivity contribution is 0.365. The lowest BCUT2D eigenvalue weighted by Gasteiger charge is -2.51. The average Bonchev–Trinajstić information content (AvgIpc) is 2.86. The van der Waals surface area contributed by atoms with Crippen LogP contribution in [0.25, 0.3) is 0 Å². The summed E-state index contributed by atoms with van der Waals surface area (Å²) < 4.78 is 6.53. The van der Waals surface area contributed by atoms with E-state index in [1.54, 1.807) is 20.7 Å². The summed E-state index contributed by atoms with van der Waals surface area (Å²) in [5, 5.41) is 6.27. The molecule has 4 aromatic carbocycles. The Morgan fingerprint density at radius 2 is 0.867 bits per heavy atom. The van der Waals surface area contributed by atoms with Gasteiger partial charge in [0, 0.05) is 6.61 Å². The highest BCUT2D eigenvalue weighted by atomic mass is 29.6. The third-order valence-corrected chi connectivity index (χ3v) is 35.0. The molecule has 4 heteroatoms. The number of benzene rings is 4. The van der Waals surface area contributed by atoms with Crippen LogP contribution in [0.4, 0.5) is 0 Å². The van der Waals surface area contributed by atoms with E-state index in [2.05, 4.69) is 121 Å². The van der Waals surface area contributed by atoms with Crippen LogP contribution in [-0.2, 0) is 4.43 Å². The predicted molar refractivity (Wildman–Crippen MR) is 135 cm³/mol. The van der Waals surface area contributed by atoms with E-state index in [0.717, 1.165) is 12.7 Å². The molecule has 0 saturated carbocycles. The SMILES string of the molecule is c1ccc([Si]2(c3ccccc3)CCO[SiH2][Si]2(c2ccccc2)c2ccccc2)cc1. The molecule has 0 amide bonds. The fraction of sp³-hybridized carbons (Fsp3) is 0.0769. The van der Waals surface area contributed by atoms with E-state index in [9.17, 15) is 0 Å². The summed E-state index contributed by atoms with van der Waals surface area (Å²) in [5.41, 5.74) is 0. The van der Waals surface area contributed by atoms with Gasteiger partial charge in [0.05, 0.1) is 0 Å². The van der Waals surface area contributed by atoms with Gasteiger partial charge in [0.1, 0.15) is 14.7 Å². The van der Waals surface area contributed by atoms with Crippen molar-refractivity contribution in [2.24, 2.45) is 0 Å². The number of hydrogen-bond donors (Lipinski definition) is 0. The van der Waals surface area contributed by atoms with Crippen LogP contribution in [0.1, 0.15) is 0 Å². The quantitative estimate of drug-likeness (QED) is 0.444. The predicted octanol–water partition coefficient (Wildman–Crippen LogP) is 2.20. The second-order valence-corrected chi connectivity index (χ2v) is 26.5. The first kappa shape index (κ1) is 19.5. The molecule has 5 rings (SSSR count). The Morgan fingerprint density at radius 3 is 1.27 bits per heavy atom. The fourth-order valence-electron chi connectivity index (χ4n) is 5.45. The summed E-state index contributed by atoms with van der Waals surface area (Å²) in [4.78, 5) is 0. The van der Waals surface area contributed by atoms with E-state index in [1.165, 1.54) is 0 Å². The Morgan fingerprint density at radius 1 is 0.500 bits per heavy atom. The van der Waals surface area contributed by atoms with Crippen molar-refractivity contribution in [3.63, 3.8) is 0 Å². The second kappa shape index (κ2) is 8.32. The van der Waals surface area contributed by atoms with Crippen LogP contribution in [-0.4, -0.2) is 30.6 Å². The van der Waals surface area contributed by atoms with E-state index in [4.69, 9.17) is 4.43 Å². The van der Waals surface area contributed by atoms with Crippen molar-refractivity contribution in [2.75, 3.05) is 6.61 Å². The molecule has 0 spiro atoms. The van der Waals surface area contributed by atoms with Crippen molar-refractivity contribution in [2.45, 2.75) is 6.04 Å². The van der Waals surface area contributed by atoms with E-state index in [-0.39, 0.29) is 0 Å². The monoisotopic (exact) mass is 438 g/mol. The summed E-state index contributed by atoms with van der Waals surface area (Å²) in [6, 6.07) is 46.8. The van der Waals surface area contributed by atoms with Gasteiger partial charge in [-0.3, -0.25) is 0 Å². The Hall–Kier alpha value is -2.51. The zero-order chi connectivity index (χ0) is 20.3. The van der Waals surface area contributed by atoms with E-state index in [0.29, 0.717) is 0 Å². The smallest absolute Gasteiger partial charge is 0.159 e. The summed E-state index contributed by atoms with van der Waals surface area (Å²) in [7, 11) is -5.03. The highest BCUT2D eigenvalue weighted by Crippen LogP contribution is 2.27. The zero-order valence-corrected chi connectivity index (χ0v) is 20.5. The Bertz CT molecular complexity index is 916. The van der Waals surface area contributed by atoms with Crippen LogP contribution in [0.2, 0.25) is 6.04 Å². The first-order valence-electron chi connectivity index (χ1n) is 10.7. The van der Waals surface area contributed by atoms with Gasteiger partial charge < -0.3 is 4.43 Å². The highest BCUT2D eigenvalue weighted by molar-refractivity contribution is 7.74. The molecule has 148 valence electrons. The van der Waals surface area contributed by atoms with Crippen LogP contribution < -0.4 is 20.7 Å². The molecular formula is C26H26OSi3. The molecule has 1 aliphatic heterocycles. The minimum absolute atomic E-state index is 0.772. The Kier molecular flexibility index (Phi) is 5.39. The lowest BCUT2D eigenvalue weighted by Crippen LogP contribution is -2.90. The van der Waals surface area contributed by atoms with Gasteiger partial charge in [0.15, 0.2) is 9.28 Å². The van der Waals surface area contributed by atoms with E-state index in [1.807, 2.05) is 0 Å². The average molecular weight is 439 g/mol. The second-order valence-electron chi connectivity index (χ2n) is 8.08. The van der Waals surface area contributed by atoms with Crippen molar-refractivity contribution in [3.8, 4) is 0 Å². The first-order chi connectivity index (χ1) is 14.9. The first-order valence-corrected chi connectivity index (χ1v) is 18.8. The molecule has 1 aliphatic rings. The molecule has 0 unspecified atom stereocenters. The van der Waals surface area contributed by atoms with Gasteiger partial charge in [-0.1, -0.05) is 142 Å². The standard InChI is InChI=1S/C26H26OSi3/c1-5-13-23(14-6-1)29(24-15-7-2-8-16-24)22-21-27-28-30(29,25-17-9-3-10-18-25)26-19-11-4-12-20-26/h1-20H,21-22,28H2. The molecule has 30 heavy (non-hydrogen) atoms. The summed E-state index contributed by atoms with van der Waals surface area (Å²) >= 11 is 0. The maximum absolute atomic E-state index is 6.53. The fourth-order valence-corrected chi connectivity index (χ4v) is 36.5. The molecule has 1 fully saturated rings. The molecule has 4 aromatic rings. The minimum atomic E-state index is -2.14. The Balaban J connectivity index is 1.92. The zero-order valence-electron chi connectivity index (χ0n) is 17.1. The molecule has 0 atom stereocenters. The molecule has 0 aliphatic carbocycles. The van der Waals surface area contributed by atoms with Crippen LogP contribution in [0, 0.1) is 0 Å². The van der Waals surface area contributed by atoms with Crippen molar-refractivity contribution in [1.82, 2.24) is 0 Å². The highest BCUT2D eigenvalue weighted by Gasteiger charge is 2.61. The van der Waals surface area contributed by atoms with Gasteiger partial charge in [-0.2, -0.15) is 0 Å². The third-order valence-electron chi connectivity index (χ3n) is 6.73. The maximum Gasteiger partial charge on any atom is 0.159 e.